The van der Waals surface area contributed by atoms with Gasteiger partial charge >= 0.3 is 5.97 Å². The van der Waals surface area contributed by atoms with Crippen LogP contribution in [0.15, 0.2) is 0 Å². The Balaban J connectivity index is 1.94. The molecule has 2 aliphatic rings. The predicted octanol–water partition coefficient (Wildman–Crippen LogP) is 0.998. The minimum Gasteiger partial charge on any atom is -0.481 e. The summed E-state index contributed by atoms with van der Waals surface area (Å²) in [5, 5.41) is 9.41. The van der Waals surface area contributed by atoms with Crippen LogP contribution in [0.3, 0.4) is 0 Å². The summed E-state index contributed by atoms with van der Waals surface area (Å²) < 4.78 is 22.8. The lowest BCUT2D eigenvalue weighted by molar-refractivity contribution is -0.144. The Morgan fingerprint density at radius 2 is 1.74 bits per heavy atom. The van der Waals surface area contributed by atoms with Gasteiger partial charge in [0.25, 0.3) is 0 Å². The molecular formula is C13H23NO4S. The number of rotatable bonds is 4. The molecule has 2 rings (SSSR count). The number of aliphatic carboxylic acids is 1. The fourth-order valence-electron chi connectivity index (χ4n) is 3.16. The molecule has 0 amide bonds. The van der Waals surface area contributed by atoms with Crippen molar-refractivity contribution in [3.05, 3.63) is 0 Å². The Labute approximate surface area is 114 Å². The highest BCUT2D eigenvalue weighted by molar-refractivity contribution is 7.91. The van der Waals surface area contributed by atoms with Crippen LogP contribution >= 0.6 is 0 Å². The van der Waals surface area contributed by atoms with Crippen LogP contribution < -0.4 is 0 Å². The molecule has 0 radical (unpaired) electrons. The summed E-state index contributed by atoms with van der Waals surface area (Å²) >= 11 is 0. The standard InChI is InChI=1S/C13H23NO4S/c15-13(16)12(10-14-6-2-1-3-7-14)11-4-8-19(17,18)9-5-11/h11-12H,1-10H2,(H,15,16). The van der Waals surface area contributed by atoms with Crippen LogP contribution in [0.2, 0.25) is 0 Å². The lowest BCUT2D eigenvalue weighted by Crippen LogP contribution is -2.41. The SMILES string of the molecule is O=C(O)C(CN1CCCCC1)C1CCS(=O)(=O)CC1. The van der Waals surface area contributed by atoms with Crippen LogP contribution in [0.5, 0.6) is 0 Å². The number of carboxylic acids is 1. The van der Waals surface area contributed by atoms with Crippen LogP contribution in [0.1, 0.15) is 32.1 Å². The van der Waals surface area contributed by atoms with E-state index < -0.39 is 21.7 Å². The molecule has 0 aromatic rings. The fraction of sp³-hybridized carbons (Fsp3) is 0.923. The van der Waals surface area contributed by atoms with E-state index in [1.807, 2.05) is 0 Å². The zero-order valence-electron chi connectivity index (χ0n) is 11.3. The summed E-state index contributed by atoms with van der Waals surface area (Å²) in [4.78, 5) is 13.7. The van der Waals surface area contributed by atoms with Gasteiger partial charge in [-0.05, 0) is 44.7 Å². The molecule has 19 heavy (non-hydrogen) atoms. The van der Waals surface area contributed by atoms with E-state index in [4.69, 9.17) is 0 Å². The van der Waals surface area contributed by atoms with E-state index in [-0.39, 0.29) is 17.4 Å². The number of likely N-dealkylation sites (tertiary alicyclic amines) is 1. The maximum atomic E-state index is 11.5. The van der Waals surface area contributed by atoms with Crippen LogP contribution in [0.4, 0.5) is 0 Å². The summed E-state index contributed by atoms with van der Waals surface area (Å²) in [7, 11) is -2.91. The third-order valence-corrected chi connectivity index (χ3v) is 6.10. The molecule has 0 aromatic carbocycles. The topological polar surface area (TPSA) is 74.7 Å². The molecule has 6 heteroatoms. The van der Waals surface area contributed by atoms with Gasteiger partial charge in [0.05, 0.1) is 17.4 Å². The van der Waals surface area contributed by atoms with E-state index in [0.717, 1.165) is 25.9 Å². The zero-order chi connectivity index (χ0) is 13.9. The predicted molar refractivity (Wildman–Crippen MR) is 72.8 cm³/mol. The fourth-order valence-corrected chi connectivity index (χ4v) is 4.69. The molecule has 0 aliphatic carbocycles. The van der Waals surface area contributed by atoms with Crippen molar-refractivity contribution in [2.45, 2.75) is 32.1 Å². The molecule has 2 heterocycles. The molecule has 0 spiro atoms. The minimum atomic E-state index is -2.91. The molecule has 1 unspecified atom stereocenters. The second kappa shape index (κ2) is 6.22. The second-order valence-electron chi connectivity index (χ2n) is 5.80. The molecule has 0 bridgehead atoms. The quantitative estimate of drug-likeness (QED) is 0.835. The van der Waals surface area contributed by atoms with Gasteiger partial charge in [0.2, 0.25) is 0 Å². The van der Waals surface area contributed by atoms with Gasteiger partial charge in [0.15, 0.2) is 0 Å². The minimum absolute atomic E-state index is 0.0166. The second-order valence-corrected chi connectivity index (χ2v) is 8.10. The number of hydrogen-bond donors (Lipinski definition) is 1. The first-order valence-electron chi connectivity index (χ1n) is 7.13. The van der Waals surface area contributed by atoms with Crippen molar-refractivity contribution in [1.82, 2.24) is 4.90 Å². The van der Waals surface area contributed by atoms with Gasteiger partial charge in [0, 0.05) is 6.54 Å². The van der Waals surface area contributed by atoms with E-state index in [2.05, 4.69) is 4.90 Å². The highest BCUT2D eigenvalue weighted by atomic mass is 32.2. The first-order chi connectivity index (χ1) is 8.98. The number of carboxylic acid groups (broad SMARTS) is 1. The molecule has 5 nitrogen and oxygen atoms in total. The maximum absolute atomic E-state index is 11.5. The van der Waals surface area contributed by atoms with Gasteiger partial charge in [-0.15, -0.1) is 0 Å². The Morgan fingerprint density at radius 1 is 1.16 bits per heavy atom. The molecule has 1 N–H and O–H groups in total. The maximum Gasteiger partial charge on any atom is 0.308 e. The first kappa shape index (κ1) is 14.8. The van der Waals surface area contributed by atoms with Crippen LogP contribution in [0, 0.1) is 11.8 Å². The lowest BCUT2D eigenvalue weighted by atomic mass is 9.86. The molecule has 2 aliphatic heterocycles. The van der Waals surface area contributed by atoms with E-state index >= 15 is 0 Å². The molecule has 0 saturated carbocycles. The van der Waals surface area contributed by atoms with Crippen molar-refractivity contribution >= 4 is 15.8 Å². The first-order valence-corrected chi connectivity index (χ1v) is 8.96. The van der Waals surface area contributed by atoms with Gasteiger partial charge in [0.1, 0.15) is 9.84 Å². The average Bonchev–Trinajstić information content (AvgIpc) is 2.37. The molecule has 2 saturated heterocycles. The van der Waals surface area contributed by atoms with E-state index in [0.29, 0.717) is 19.4 Å². The smallest absolute Gasteiger partial charge is 0.308 e. The summed E-state index contributed by atoms with van der Waals surface area (Å²) in [5.74, 6) is -0.852. The molecule has 110 valence electrons. The van der Waals surface area contributed by atoms with Crippen molar-refractivity contribution < 1.29 is 18.3 Å². The summed E-state index contributed by atoms with van der Waals surface area (Å²) in [6.07, 6.45) is 4.53. The van der Waals surface area contributed by atoms with E-state index in [1.165, 1.54) is 6.42 Å². The highest BCUT2D eigenvalue weighted by Crippen LogP contribution is 2.28. The largest absolute Gasteiger partial charge is 0.481 e. The van der Waals surface area contributed by atoms with Gasteiger partial charge < -0.3 is 10.0 Å². The molecular weight excluding hydrogens is 266 g/mol. The van der Waals surface area contributed by atoms with Gasteiger partial charge in [-0.2, -0.15) is 0 Å². The molecule has 1 atom stereocenters. The number of piperidine rings is 1. The monoisotopic (exact) mass is 289 g/mol. The third-order valence-electron chi connectivity index (χ3n) is 4.39. The lowest BCUT2D eigenvalue weighted by Gasteiger charge is -2.33. The zero-order valence-corrected chi connectivity index (χ0v) is 12.1. The summed E-state index contributed by atoms with van der Waals surface area (Å²) in [6, 6.07) is 0. The Bertz CT molecular complexity index is 400. The van der Waals surface area contributed by atoms with Crippen LogP contribution in [-0.4, -0.2) is 55.5 Å². The average molecular weight is 289 g/mol. The number of carbonyl (C=O) groups is 1. The van der Waals surface area contributed by atoms with E-state index in [1.54, 1.807) is 0 Å². The number of nitrogens with zero attached hydrogens (tertiary/aromatic N) is 1. The van der Waals surface area contributed by atoms with Crippen LogP contribution in [0.25, 0.3) is 0 Å². The molecule has 2 fully saturated rings. The van der Waals surface area contributed by atoms with Crippen molar-refractivity contribution in [1.29, 1.82) is 0 Å². The third kappa shape index (κ3) is 4.18. The normalized spacial score (nSPS) is 26.9. The summed E-state index contributed by atoms with van der Waals surface area (Å²) in [5.41, 5.74) is 0. The van der Waals surface area contributed by atoms with Crippen molar-refractivity contribution in [2.24, 2.45) is 11.8 Å². The summed E-state index contributed by atoms with van der Waals surface area (Å²) in [6.45, 7) is 2.55. The van der Waals surface area contributed by atoms with Crippen molar-refractivity contribution in [2.75, 3.05) is 31.1 Å². The number of sulfone groups is 1. The van der Waals surface area contributed by atoms with Gasteiger partial charge in [-0.3, -0.25) is 4.79 Å². The van der Waals surface area contributed by atoms with Crippen molar-refractivity contribution in [3.63, 3.8) is 0 Å². The Morgan fingerprint density at radius 3 is 2.26 bits per heavy atom. The number of hydrogen-bond acceptors (Lipinski definition) is 4. The highest BCUT2D eigenvalue weighted by Gasteiger charge is 2.34. The molecule has 0 aromatic heterocycles. The Kier molecular flexibility index (Phi) is 4.84. The van der Waals surface area contributed by atoms with Gasteiger partial charge in [-0.25, -0.2) is 8.42 Å². The van der Waals surface area contributed by atoms with E-state index in [9.17, 15) is 18.3 Å². The van der Waals surface area contributed by atoms with Crippen molar-refractivity contribution in [3.8, 4) is 0 Å². The Hall–Kier alpha value is -0.620. The van der Waals surface area contributed by atoms with Gasteiger partial charge in [-0.1, -0.05) is 6.42 Å². The van der Waals surface area contributed by atoms with Crippen LogP contribution in [-0.2, 0) is 14.6 Å².